The van der Waals surface area contributed by atoms with E-state index in [0.717, 1.165) is 11.6 Å². The number of nitro groups is 1. The van der Waals surface area contributed by atoms with Crippen LogP contribution in [0, 0.1) is 15.9 Å². The van der Waals surface area contributed by atoms with Gasteiger partial charge in [-0.05, 0) is 55.7 Å². The maximum atomic E-state index is 13.4. The van der Waals surface area contributed by atoms with E-state index in [-0.39, 0.29) is 28.1 Å². The van der Waals surface area contributed by atoms with Crippen LogP contribution >= 0.6 is 11.6 Å². The van der Waals surface area contributed by atoms with Crippen molar-refractivity contribution in [2.75, 3.05) is 4.90 Å². The molecule has 0 saturated heterocycles. The van der Waals surface area contributed by atoms with Crippen molar-refractivity contribution in [3.8, 4) is 0 Å². The molecule has 0 saturated carbocycles. The van der Waals surface area contributed by atoms with Gasteiger partial charge in [-0.2, -0.15) is 0 Å². The molecule has 0 radical (unpaired) electrons. The molecular formula is C17H14ClFN2O3. The monoisotopic (exact) mass is 348 g/mol. The first-order valence-electron chi connectivity index (χ1n) is 7.44. The standard InChI is InChI=1S/C17H14ClFN2O3/c1-10-2-3-11-8-13(19)5-7-15(11)20(10)17(22)14-6-4-12(18)9-16(14)21(23)24/h4-10H,2-3H2,1H3/t10-/m1/s1. The van der Waals surface area contributed by atoms with E-state index in [1.807, 2.05) is 6.92 Å². The molecule has 0 unspecified atom stereocenters. The molecule has 7 heteroatoms. The van der Waals surface area contributed by atoms with Crippen LogP contribution in [0.1, 0.15) is 29.3 Å². The van der Waals surface area contributed by atoms with Crippen LogP contribution in [0.3, 0.4) is 0 Å². The minimum absolute atomic E-state index is 0.0339. The molecule has 5 nitrogen and oxygen atoms in total. The highest BCUT2D eigenvalue weighted by atomic mass is 35.5. The molecule has 24 heavy (non-hydrogen) atoms. The number of amides is 1. The molecule has 1 heterocycles. The topological polar surface area (TPSA) is 63.5 Å². The van der Waals surface area contributed by atoms with Gasteiger partial charge in [0.25, 0.3) is 11.6 Å². The molecule has 124 valence electrons. The number of benzene rings is 2. The third-order valence-corrected chi connectivity index (χ3v) is 4.41. The van der Waals surface area contributed by atoms with Crippen molar-refractivity contribution in [3.05, 3.63) is 68.5 Å². The Morgan fingerprint density at radius 3 is 2.79 bits per heavy atom. The molecule has 1 aliphatic rings. The number of hydrogen-bond donors (Lipinski definition) is 0. The van der Waals surface area contributed by atoms with E-state index in [0.29, 0.717) is 18.5 Å². The van der Waals surface area contributed by atoms with Crippen LogP contribution in [0.25, 0.3) is 0 Å². The summed E-state index contributed by atoms with van der Waals surface area (Å²) in [4.78, 5) is 25.1. The van der Waals surface area contributed by atoms with E-state index < -0.39 is 10.8 Å². The Balaban J connectivity index is 2.10. The Bertz CT molecular complexity index is 841. The van der Waals surface area contributed by atoms with Gasteiger partial charge in [0.15, 0.2) is 0 Å². The smallest absolute Gasteiger partial charge is 0.283 e. The van der Waals surface area contributed by atoms with E-state index in [1.54, 1.807) is 6.07 Å². The van der Waals surface area contributed by atoms with Gasteiger partial charge in [0, 0.05) is 22.8 Å². The summed E-state index contributed by atoms with van der Waals surface area (Å²) in [5.41, 5.74) is 0.935. The van der Waals surface area contributed by atoms with Gasteiger partial charge in [-0.3, -0.25) is 14.9 Å². The lowest BCUT2D eigenvalue weighted by Gasteiger charge is -2.35. The Hall–Kier alpha value is -2.47. The predicted molar refractivity (Wildman–Crippen MR) is 89.1 cm³/mol. The van der Waals surface area contributed by atoms with Crippen molar-refractivity contribution < 1.29 is 14.1 Å². The lowest BCUT2D eigenvalue weighted by Crippen LogP contribution is -2.42. The minimum atomic E-state index is -0.626. The van der Waals surface area contributed by atoms with Gasteiger partial charge in [-0.15, -0.1) is 0 Å². The lowest BCUT2D eigenvalue weighted by molar-refractivity contribution is -0.385. The first-order valence-corrected chi connectivity index (χ1v) is 7.82. The molecule has 0 spiro atoms. The van der Waals surface area contributed by atoms with E-state index in [9.17, 15) is 19.3 Å². The fraction of sp³-hybridized carbons (Fsp3) is 0.235. The Morgan fingerprint density at radius 2 is 2.08 bits per heavy atom. The number of aryl methyl sites for hydroxylation is 1. The summed E-state index contributed by atoms with van der Waals surface area (Å²) < 4.78 is 13.4. The van der Waals surface area contributed by atoms with Gasteiger partial charge >= 0.3 is 0 Å². The summed E-state index contributed by atoms with van der Waals surface area (Å²) in [5.74, 6) is -0.855. The van der Waals surface area contributed by atoms with Gasteiger partial charge in [0.2, 0.25) is 0 Å². The van der Waals surface area contributed by atoms with Gasteiger partial charge in [0.1, 0.15) is 11.4 Å². The average molecular weight is 349 g/mol. The van der Waals surface area contributed by atoms with Crippen LogP contribution in [0.2, 0.25) is 5.02 Å². The van der Waals surface area contributed by atoms with Crippen molar-refractivity contribution in [3.63, 3.8) is 0 Å². The van der Waals surface area contributed by atoms with Crippen LogP contribution < -0.4 is 4.90 Å². The molecule has 0 aliphatic carbocycles. The molecule has 3 rings (SSSR count). The molecule has 2 aromatic rings. The zero-order valence-corrected chi connectivity index (χ0v) is 13.6. The maximum Gasteiger partial charge on any atom is 0.283 e. The zero-order chi connectivity index (χ0) is 17.4. The Kier molecular flexibility index (Phi) is 4.24. The second kappa shape index (κ2) is 6.20. The third-order valence-electron chi connectivity index (χ3n) is 4.18. The van der Waals surface area contributed by atoms with E-state index in [2.05, 4.69) is 0 Å². The number of rotatable bonds is 2. The van der Waals surface area contributed by atoms with E-state index in [4.69, 9.17) is 11.6 Å². The molecule has 0 N–H and O–H groups in total. The molecule has 0 fully saturated rings. The molecule has 1 amide bonds. The van der Waals surface area contributed by atoms with Crippen molar-refractivity contribution >= 4 is 28.9 Å². The molecule has 0 bridgehead atoms. The SMILES string of the molecule is C[C@@H]1CCc2cc(F)ccc2N1C(=O)c1ccc(Cl)cc1[N+](=O)[O-]. The summed E-state index contributed by atoms with van der Waals surface area (Å²) in [6.45, 7) is 1.87. The number of halogens is 2. The molecule has 0 aromatic heterocycles. The van der Waals surface area contributed by atoms with Crippen LogP contribution in [0.4, 0.5) is 15.8 Å². The predicted octanol–water partition coefficient (Wildman–Crippen LogP) is 4.37. The lowest BCUT2D eigenvalue weighted by atomic mass is 9.95. The fourth-order valence-electron chi connectivity index (χ4n) is 3.00. The number of anilines is 1. The number of fused-ring (bicyclic) bond motifs is 1. The van der Waals surface area contributed by atoms with Gasteiger partial charge in [-0.25, -0.2) is 4.39 Å². The molecule has 1 aliphatic heterocycles. The third kappa shape index (κ3) is 2.85. The zero-order valence-electron chi connectivity index (χ0n) is 12.8. The number of carbonyl (C=O) groups excluding carboxylic acids is 1. The van der Waals surface area contributed by atoms with Crippen molar-refractivity contribution in [1.29, 1.82) is 0 Å². The highest BCUT2D eigenvalue weighted by molar-refractivity contribution is 6.31. The highest BCUT2D eigenvalue weighted by Gasteiger charge is 2.32. The summed E-state index contributed by atoms with van der Waals surface area (Å²) in [5, 5.41) is 11.4. The van der Waals surface area contributed by atoms with Gasteiger partial charge < -0.3 is 4.90 Å². The Morgan fingerprint density at radius 1 is 1.33 bits per heavy atom. The van der Waals surface area contributed by atoms with Crippen LogP contribution in [-0.2, 0) is 6.42 Å². The first kappa shape index (κ1) is 16.4. The number of nitrogens with zero attached hydrogens (tertiary/aromatic N) is 2. The van der Waals surface area contributed by atoms with Crippen LogP contribution in [-0.4, -0.2) is 16.9 Å². The number of nitro benzene ring substituents is 1. The van der Waals surface area contributed by atoms with Crippen LogP contribution in [0.15, 0.2) is 36.4 Å². The van der Waals surface area contributed by atoms with Gasteiger partial charge in [-0.1, -0.05) is 11.6 Å². The molecular weight excluding hydrogens is 335 g/mol. The maximum absolute atomic E-state index is 13.4. The Labute approximate surface area is 142 Å². The van der Waals surface area contributed by atoms with Crippen LogP contribution in [0.5, 0.6) is 0 Å². The number of hydrogen-bond acceptors (Lipinski definition) is 3. The summed E-state index contributed by atoms with van der Waals surface area (Å²) in [6.07, 6.45) is 1.31. The van der Waals surface area contributed by atoms with E-state index in [1.165, 1.54) is 29.2 Å². The normalized spacial score (nSPS) is 16.6. The van der Waals surface area contributed by atoms with E-state index >= 15 is 0 Å². The van der Waals surface area contributed by atoms with Gasteiger partial charge in [0.05, 0.1) is 4.92 Å². The highest BCUT2D eigenvalue weighted by Crippen LogP contribution is 2.34. The largest absolute Gasteiger partial charge is 0.305 e. The second-order valence-electron chi connectivity index (χ2n) is 5.75. The summed E-state index contributed by atoms with van der Waals surface area (Å²) in [7, 11) is 0. The molecule has 2 aromatic carbocycles. The first-order chi connectivity index (χ1) is 11.4. The summed E-state index contributed by atoms with van der Waals surface area (Å²) >= 11 is 5.81. The average Bonchev–Trinajstić information content (AvgIpc) is 2.54. The molecule has 1 atom stereocenters. The van der Waals surface area contributed by atoms with Crippen molar-refractivity contribution in [2.45, 2.75) is 25.8 Å². The quantitative estimate of drug-likeness (QED) is 0.598. The number of carbonyl (C=O) groups is 1. The van der Waals surface area contributed by atoms with Crippen molar-refractivity contribution in [2.24, 2.45) is 0 Å². The van der Waals surface area contributed by atoms with Crippen molar-refractivity contribution in [1.82, 2.24) is 0 Å². The fourth-order valence-corrected chi connectivity index (χ4v) is 3.16. The summed E-state index contributed by atoms with van der Waals surface area (Å²) in [6, 6.07) is 8.04. The second-order valence-corrected chi connectivity index (χ2v) is 6.19. The minimum Gasteiger partial charge on any atom is -0.305 e.